The molecule has 0 aromatic heterocycles. The third-order valence-corrected chi connectivity index (χ3v) is 5.46. The number of aliphatic hydroxyl groups is 1. The van der Waals surface area contributed by atoms with E-state index in [4.69, 9.17) is 11.6 Å². The fourth-order valence-electron chi connectivity index (χ4n) is 3.63. The fraction of sp³-hybridized carbons (Fsp3) is 0.455. The van der Waals surface area contributed by atoms with Crippen molar-refractivity contribution in [2.24, 2.45) is 0 Å². The van der Waals surface area contributed by atoms with Gasteiger partial charge in [-0.25, -0.2) is 0 Å². The molecule has 0 saturated carbocycles. The first-order valence-electron chi connectivity index (χ1n) is 9.77. The molecule has 4 nitrogen and oxygen atoms in total. The van der Waals surface area contributed by atoms with Gasteiger partial charge in [-0.1, -0.05) is 55.8 Å². The summed E-state index contributed by atoms with van der Waals surface area (Å²) in [4.78, 5) is 4.65. The van der Waals surface area contributed by atoms with Crippen LogP contribution in [0.15, 0.2) is 48.5 Å². The van der Waals surface area contributed by atoms with Gasteiger partial charge in [-0.05, 0) is 29.7 Å². The molecule has 0 aliphatic carbocycles. The van der Waals surface area contributed by atoms with Crippen molar-refractivity contribution in [1.82, 2.24) is 4.90 Å². The van der Waals surface area contributed by atoms with Gasteiger partial charge in [0.05, 0.1) is 16.8 Å². The van der Waals surface area contributed by atoms with Gasteiger partial charge in [0, 0.05) is 45.0 Å². The number of piperazine rings is 1. The number of aliphatic hydroxyl groups excluding tert-OH is 1. The zero-order valence-electron chi connectivity index (χ0n) is 16.2. The van der Waals surface area contributed by atoms with E-state index in [2.05, 4.69) is 53.2 Å². The number of anilines is 2. The Labute approximate surface area is 167 Å². The highest BCUT2D eigenvalue weighted by molar-refractivity contribution is 6.33. The number of para-hydroxylation sites is 2. The Morgan fingerprint density at radius 1 is 1.00 bits per heavy atom. The monoisotopic (exact) mass is 387 g/mol. The molecule has 1 aliphatic heterocycles. The molecule has 5 heteroatoms. The molecule has 1 heterocycles. The van der Waals surface area contributed by atoms with Crippen LogP contribution in [-0.4, -0.2) is 55.4 Å². The number of halogens is 1. The summed E-state index contributed by atoms with van der Waals surface area (Å²) in [6.45, 7) is 9.36. The van der Waals surface area contributed by atoms with E-state index >= 15 is 0 Å². The molecular formula is C22H30ClN3O. The van der Waals surface area contributed by atoms with Crippen LogP contribution in [0, 0.1) is 0 Å². The molecule has 2 N–H and O–H groups in total. The summed E-state index contributed by atoms with van der Waals surface area (Å²) in [7, 11) is 0. The summed E-state index contributed by atoms with van der Waals surface area (Å²) in [5, 5.41) is 14.7. The Morgan fingerprint density at radius 3 is 2.37 bits per heavy atom. The van der Waals surface area contributed by atoms with Gasteiger partial charge in [-0.15, -0.1) is 0 Å². The second-order valence-corrected chi connectivity index (χ2v) is 7.92. The predicted octanol–water partition coefficient (Wildman–Crippen LogP) is 4.06. The van der Waals surface area contributed by atoms with E-state index in [0.29, 0.717) is 19.0 Å². The maximum Gasteiger partial charge on any atom is 0.0839 e. The van der Waals surface area contributed by atoms with Crippen LogP contribution in [0.3, 0.4) is 0 Å². The number of rotatable bonds is 7. The largest absolute Gasteiger partial charge is 0.390 e. The second kappa shape index (κ2) is 9.45. The minimum atomic E-state index is -0.392. The van der Waals surface area contributed by atoms with Gasteiger partial charge in [0.1, 0.15) is 0 Å². The first-order chi connectivity index (χ1) is 13.0. The van der Waals surface area contributed by atoms with E-state index in [-0.39, 0.29) is 0 Å². The molecule has 2 aromatic carbocycles. The first-order valence-corrected chi connectivity index (χ1v) is 10.1. The van der Waals surface area contributed by atoms with Gasteiger partial charge in [0.15, 0.2) is 0 Å². The van der Waals surface area contributed by atoms with Crippen LogP contribution in [-0.2, 0) is 0 Å². The van der Waals surface area contributed by atoms with Gasteiger partial charge in [0.25, 0.3) is 0 Å². The zero-order chi connectivity index (χ0) is 19.2. The highest BCUT2D eigenvalue weighted by Gasteiger charge is 2.20. The average molecular weight is 388 g/mol. The smallest absolute Gasteiger partial charge is 0.0839 e. The van der Waals surface area contributed by atoms with Crippen molar-refractivity contribution >= 4 is 23.0 Å². The molecule has 0 amide bonds. The topological polar surface area (TPSA) is 38.7 Å². The predicted molar refractivity (Wildman–Crippen MR) is 115 cm³/mol. The normalized spacial score (nSPS) is 16.6. The summed E-state index contributed by atoms with van der Waals surface area (Å²) in [6, 6.07) is 16.3. The van der Waals surface area contributed by atoms with E-state index in [1.54, 1.807) is 0 Å². The minimum Gasteiger partial charge on any atom is -0.390 e. The van der Waals surface area contributed by atoms with Crippen molar-refractivity contribution in [2.75, 3.05) is 49.5 Å². The molecule has 0 spiro atoms. The van der Waals surface area contributed by atoms with Gasteiger partial charge in [-0.2, -0.15) is 0 Å². The van der Waals surface area contributed by atoms with Crippen molar-refractivity contribution in [1.29, 1.82) is 0 Å². The quantitative estimate of drug-likeness (QED) is 0.751. The molecular weight excluding hydrogens is 358 g/mol. The molecule has 1 fully saturated rings. The molecule has 1 saturated heterocycles. The fourth-order valence-corrected chi connectivity index (χ4v) is 3.89. The average Bonchev–Trinajstić information content (AvgIpc) is 2.68. The molecule has 0 bridgehead atoms. The van der Waals surface area contributed by atoms with E-state index in [1.807, 2.05) is 24.3 Å². The van der Waals surface area contributed by atoms with E-state index in [9.17, 15) is 5.11 Å². The van der Waals surface area contributed by atoms with E-state index in [1.165, 1.54) is 5.56 Å². The number of nitrogens with zero attached hydrogens (tertiary/aromatic N) is 2. The molecule has 1 aliphatic rings. The van der Waals surface area contributed by atoms with Gasteiger partial charge in [-0.3, -0.25) is 4.90 Å². The molecule has 1 atom stereocenters. The van der Waals surface area contributed by atoms with Crippen LogP contribution < -0.4 is 10.2 Å². The van der Waals surface area contributed by atoms with Crippen LogP contribution in [0.5, 0.6) is 0 Å². The molecule has 2 aromatic rings. The lowest BCUT2D eigenvalue weighted by Gasteiger charge is -2.37. The number of hydrogen-bond donors (Lipinski definition) is 2. The standard InChI is InChI=1S/C22H30ClN3O/c1-17(2)19-7-3-5-9-21(19)24-15-18(27)16-25-11-13-26(14-12-25)22-10-6-4-8-20(22)23/h3-10,17-18,24,27H,11-16H2,1-2H3. The third-order valence-electron chi connectivity index (χ3n) is 5.15. The van der Waals surface area contributed by atoms with Crippen LogP contribution in [0.1, 0.15) is 25.3 Å². The van der Waals surface area contributed by atoms with Crippen molar-refractivity contribution in [2.45, 2.75) is 25.9 Å². The Balaban J connectivity index is 1.46. The highest BCUT2D eigenvalue weighted by atomic mass is 35.5. The SMILES string of the molecule is CC(C)c1ccccc1NCC(O)CN1CCN(c2ccccc2Cl)CC1. The highest BCUT2D eigenvalue weighted by Crippen LogP contribution is 2.26. The zero-order valence-corrected chi connectivity index (χ0v) is 17.0. The Hall–Kier alpha value is -1.75. The lowest BCUT2D eigenvalue weighted by Crippen LogP contribution is -2.49. The van der Waals surface area contributed by atoms with Crippen LogP contribution in [0.2, 0.25) is 5.02 Å². The second-order valence-electron chi connectivity index (χ2n) is 7.52. The summed E-state index contributed by atoms with van der Waals surface area (Å²) in [6.07, 6.45) is -0.392. The minimum absolute atomic E-state index is 0.392. The molecule has 27 heavy (non-hydrogen) atoms. The third kappa shape index (κ3) is 5.38. The van der Waals surface area contributed by atoms with Crippen molar-refractivity contribution in [3.63, 3.8) is 0 Å². The number of benzene rings is 2. The maximum atomic E-state index is 10.5. The Bertz CT molecular complexity index is 729. The number of nitrogens with one attached hydrogen (secondary N) is 1. The van der Waals surface area contributed by atoms with Gasteiger partial charge < -0.3 is 15.3 Å². The number of β-amino-alcohol motifs (C(OH)–C–C–N with tert-alkyl or cyclic N) is 1. The Morgan fingerprint density at radius 2 is 1.67 bits per heavy atom. The van der Waals surface area contributed by atoms with Crippen molar-refractivity contribution < 1.29 is 5.11 Å². The summed E-state index contributed by atoms with van der Waals surface area (Å²) in [5.41, 5.74) is 3.51. The van der Waals surface area contributed by atoms with Crippen LogP contribution in [0.4, 0.5) is 11.4 Å². The molecule has 0 radical (unpaired) electrons. The number of hydrogen-bond acceptors (Lipinski definition) is 4. The van der Waals surface area contributed by atoms with Crippen molar-refractivity contribution in [3.05, 3.63) is 59.1 Å². The van der Waals surface area contributed by atoms with E-state index < -0.39 is 6.10 Å². The molecule has 1 unspecified atom stereocenters. The van der Waals surface area contributed by atoms with Gasteiger partial charge in [0.2, 0.25) is 0 Å². The molecule has 3 rings (SSSR count). The molecule has 146 valence electrons. The lowest BCUT2D eigenvalue weighted by molar-refractivity contribution is 0.118. The van der Waals surface area contributed by atoms with Gasteiger partial charge >= 0.3 is 0 Å². The van der Waals surface area contributed by atoms with Crippen molar-refractivity contribution in [3.8, 4) is 0 Å². The summed E-state index contributed by atoms with van der Waals surface area (Å²) >= 11 is 6.31. The van der Waals surface area contributed by atoms with E-state index in [0.717, 1.165) is 42.6 Å². The maximum absolute atomic E-state index is 10.5. The summed E-state index contributed by atoms with van der Waals surface area (Å²) < 4.78 is 0. The summed E-state index contributed by atoms with van der Waals surface area (Å²) in [5.74, 6) is 0.462. The lowest BCUT2D eigenvalue weighted by atomic mass is 10.0. The Kier molecular flexibility index (Phi) is 7.00. The van der Waals surface area contributed by atoms with Crippen LogP contribution in [0.25, 0.3) is 0 Å². The first kappa shape index (κ1) is 20.0. The van der Waals surface area contributed by atoms with Crippen LogP contribution >= 0.6 is 11.6 Å².